The van der Waals surface area contributed by atoms with Gasteiger partial charge in [0.05, 0.1) is 30.9 Å². The predicted octanol–water partition coefficient (Wildman–Crippen LogP) is 6.57. The molecule has 5 aromatic carbocycles. The van der Waals surface area contributed by atoms with E-state index in [0.29, 0.717) is 0 Å². The van der Waals surface area contributed by atoms with Gasteiger partial charge in [-0.05, 0) is 70.8 Å². The van der Waals surface area contributed by atoms with Crippen LogP contribution in [-0.2, 0) is 41.7 Å². The number of fused-ring (bicyclic) bond motifs is 4. The molecule has 0 aromatic heterocycles. The summed E-state index contributed by atoms with van der Waals surface area (Å²) in [5.41, 5.74) is 1.19. The standard InChI is InChI=1S/C39H35NO8/c1-38(2)46-33-34(44-22-26-16-18-28-10-4-6-12-30(28)20-26)39(48-37(33)47-38,23-43-21-25-15-17-27-9-3-5-11-29(27)19-25)24-45-40-35(41)31-13-7-8-14-32(31)36(40)42/h3-20,33-34,37H,21-24H2,1-2H3/t33-,34+,37+,39+/m1/s1. The third-order valence-electron chi connectivity index (χ3n) is 9.12. The van der Waals surface area contributed by atoms with Crippen LogP contribution in [0.4, 0.5) is 0 Å². The van der Waals surface area contributed by atoms with Crippen molar-refractivity contribution in [3.63, 3.8) is 0 Å². The Morgan fingerprint density at radius 1 is 0.646 bits per heavy atom. The van der Waals surface area contributed by atoms with Gasteiger partial charge in [0.1, 0.15) is 24.4 Å². The lowest BCUT2D eigenvalue weighted by molar-refractivity contribution is -0.275. The zero-order valence-electron chi connectivity index (χ0n) is 26.7. The molecule has 5 aromatic rings. The highest BCUT2D eigenvalue weighted by molar-refractivity contribution is 6.20. The minimum Gasteiger partial charge on any atom is -0.374 e. The van der Waals surface area contributed by atoms with E-state index in [1.165, 1.54) is 0 Å². The molecular formula is C39H35NO8. The number of carbonyl (C=O) groups excluding carboxylic acids is 2. The summed E-state index contributed by atoms with van der Waals surface area (Å²) >= 11 is 0. The van der Waals surface area contributed by atoms with Crippen molar-refractivity contribution in [3.05, 3.63) is 131 Å². The van der Waals surface area contributed by atoms with E-state index in [9.17, 15) is 9.59 Å². The average molecular weight is 646 g/mol. The number of rotatable bonds is 10. The smallest absolute Gasteiger partial charge is 0.285 e. The SMILES string of the molecule is CC1(C)O[C@H]2O[C@@](COCc3ccc4ccccc4c3)(CON3C(=O)c4ccccc4C3=O)[C@@H](OCc3ccc4ccccc4c3)[C@H]2O1. The molecule has 9 nitrogen and oxygen atoms in total. The summed E-state index contributed by atoms with van der Waals surface area (Å²) in [7, 11) is 0. The second kappa shape index (κ2) is 12.2. The Morgan fingerprint density at radius 2 is 1.21 bits per heavy atom. The number of hydrogen-bond donors (Lipinski definition) is 0. The maximum absolute atomic E-state index is 13.2. The summed E-state index contributed by atoms with van der Waals surface area (Å²) in [6.45, 7) is 3.93. The highest BCUT2D eigenvalue weighted by atomic mass is 16.9. The van der Waals surface area contributed by atoms with Crippen molar-refractivity contribution >= 4 is 33.4 Å². The lowest BCUT2D eigenvalue weighted by Gasteiger charge is -2.36. The van der Waals surface area contributed by atoms with E-state index in [0.717, 1.165) is 37.7 Å². The Kier molecular flexibility index (Phi) is 7.83. The van der Waals surface area contributed by atoms with Gasteiger partial charge in [0.25, 0.3) is 11.8 Å². The number of hydroxylamine groups is 2. The molecule has 4 atom stereocenters. The van der Waals surface area contributed by atoms with Gasteiger partial charge in [0.2, 0.25) is 0 Å². The number of nitrogens with zero attached hydrogens (tertiary/aromatic N) is 1. The number of hydrogen-bond acceptors (Lipinski definition) is 8. The van der Waals surface area contributed by atoms with Gasteiger partial charge >= 0.3 is 0 Å². The van der Waals surface area contributed by atoms with Crippen molar-refractivity contribution in [2.45, 2.75) is 56.9 Å². The Bertz CT molecular complexity index is 1990. The summed E-state index contributed by atoms with van der Waals surface area (Å²) in [4.78, 5) is 32.5. The third kappa shape index (κ3) is 5.68. The molecule has 2 amide bonds. The molecule has 0 radical (unpaired) electrons. The summed E-state index contributed by atoms with van der Waals surface area (Å²) < 4.78 is 32.2. The molecule has 0 aliphatic carbocycles. The second-order valence-corrected chi connectivity index (χ2v) is 13.0. The summed E-state index contributed by atoms with van der Waals surface area (Å²) in [6.07, 6.45) is -2.17. The molecule has 9 heteroatoms. The predicted molar refractivity (Wildman–Crippen MR) is 177 cm³/mol. The molecule has 0 N–H and O–H groups in total. The lowest BCUT2D eigenvalue weighted by Crippen LogP contribution is -2.54. The molecule has 2 fully saturated rings. The largest absolute Gasteiger partial charge is 0.374 e. The van der Waals surface area contributed by atoms with E-state index in [1.54, 1.807) is 24.3 Å². The first-order chi connectivity index (χ1) is 23.3. The molecule has 0 saturated carbocycles. The summed E-state index contributed by atoms with van der Waals surface area (Å²) in [5.74, 6) is -1.99. The Labute approximate surface area is 277 Å². The maximum Gasteiger partial charge on any atom is 0.285 e. The molecule has 3 heterocycles. The van der Waals surface area contributed by atoms with Gasteiger partial charge in [-0.2, -0.15) is 0 Å². The maximum atomic E-state index is 13.2. The highest BCUT2D eigenvalue weighted by Gasteiger charge is 2.63. The van der Waals surface area contributed by atoms with E-state index < -0.39 is 41.7 Å². The van der Waals surface area contributed by atoms with Crippen LogP contribution < -0.4 is 0 Å². The highest BCUT2D eigenvalue weighted by Crippen LogP contribution is 2.45. The molecule has 244 valence electrons. The monoisotopic (exact) mass is 645 g/mol. The molecule has 0 unspecified atom stereocenters. The minimum absolute atomic E-state index is 0.00549. The van der Waals surface area contributed by atoms with Gasteiger partial charge in [-0.15, -0.1) is 5.06 Å². The van der Waals surface area contributed by atoms with E-state index in [2.05, 4.69) is 48.5 Å². The van der Waals surface area contributed by atoms with Gasteiger partial charge < -0.3 is 23.7 Å². The van der Waals surface area contributed by atoms with Gasteiger partial charge in [0.15, 0.2) is 12.1 Å². The molecular weight excluding hydrogens is 610 g/mol. The van der Waals surface area contributed by atoms with E-state index in [4.69, 9.17) is 28.5 Å². The quantitative estimate of drug-likeness (QED) is 0.158. The van der Waals surface area contributed by atoms with Crippen LogP contribution in [0.5, 0.6) is 0 Å². The first kappa shape index (κ1) is 30.8. The summed E-state index contributed by atoms with van der Waals surface area (Å²) in [6, 6.07) is 35.3. The van der Waals surface area contributed by atoms with Crippen molar-refractivity contribution in [2.24, 2.45) is 0 Å². The Balaban J connectivity index is 1.08. The zero-order valence-corrected chi connectivity index (χ0v) is 26.7. The van der Waals surface area contributed by atoms with Crippen LogP contribution in [0.3, 0.4) is 0 Å². The topological polar surface area (TPSA) is 92.8 Å². The van der Waals surface area contributed by atoms with Gasteiger partial charge in [-0.3, -0.25) is 14.4 Å². The van der Waals surface area contributed by atoms with Crippen LogP contribution >= 0.6 is 0 Å². The van der Waals surface area contributed by atoms with Crippen LogP contribution in [0.15, 0.2) is 109 Å². The van der Waals surface area contributed by atoms with Crippen molar-refractivity contribution in [1.82, 2.24) is 5.06 Å². The van der Waals surface area contributed by atoms with E-state index in [-0.39, 0.29) is 37.6 Å². The average Bonchev–Trinajstić information content (AvgIpc) is 3.64. The van der Waals surface area contributed by atoms with Crippen molar-refractivity contribution in [3.8, 4) is 0 Å². The van der Waals surface area contributed by atoms with Crippen LogP contribution in [0.2, 0.25) is 0 Å². The number of carbonyl (C=O) groups is 2. The van der Waals surface area contributed by atoms with Crippen LogP contribution in [-0.4, -0.2) is 60.0 Å². The Hall–Kier alpha value is -4.48. The third-order valence-corrected chi connectivity index (χ3v) is 9.12. The molecule has 3 aliphatic rings. The van der Waals surface area contributed by atoms with Gasteiger partial charge in [-0.1, -0.05) is 84.9 Å². The second-order valence-electron chi connectivity index (χ2n) is 13.0. The fourth-order valence-corrected chi connectivity index (χ4v) is 6.81. The first-order valence-electron chi connectivity index (χ1n) is 16.1. The number of benzene rings is 5. The van der Waals surface area contributed by atoms with E-state index >= 15 is 0 Å². The molecule has 8 rings (SSSR count). The fourth-order valence-electron chi connectivity index (χ4n) is 6.81. The van der Waals surface area contributed by atoms with Gasteiger partial charge in [0, 0.05) is 0 Å². The lowest BCUT2D eigenvalue weighted by atomic mass is 9.96. The molecule has 3 aliphatic heterocycles. The summed E-state index contributed by atoms with van der Waals surface area (Å²) in [5, 5.41) is 5.26. The normalized spacial score (nSPS) is 24.5. The molecule has 0 spiro atoms. The molecule has 2 saturated heterocycles. The minimum atomic E-state index is -1.31. The van der Waals surface area contributed by atoms with Crippen LogP contribution in [0, 0.1) is 0 Å². The number of ether oxygens (including phenoxy) is 5. The van der Waals surface area contributed by atoms with Crippen molar-refractivity contribution < 1.29 is 38.1 Å². The van der Waals surface area contributed by atoms with Crippen LogP contribution in [0.25, 0.3) is 21.5 Å². The van der Waals surface area contributed by atoms with Crippen molar-refractivity contribution in [1.29, 1.82) is 0 Å². The number of imide groups is 1. The van der Waals surface area contributed by atoms with Crippen molar-refractivity contribution in [2.75, 3.05) is 13.2 Å². The fraction of sp³-hybridized carbons (Fsp3) is 0.282. The molecule has 0 bridgehead atoms. The van der Waals surface area contributed by atoms with Gasteiger partial charge in [-0.25, -0.2) is 0 Å². The first-order valence-corrected chi connectivity index (χ1v) is 16.1. The zero-order chi connectivity index (χ0) is 32.9. The van der Waals surface area contributed by atoms with Crippen LogP contribution in [0.1, 0.15) is 45.7 Å². The Morgan fingerprint density at radius 3 is 1.83 bits per heavy atom. The van der Waals surface area contributed by atoms with E-state index in [1.807, 2.05) is 50.2 Å². The molecule has 48 heavy (non-hydrogen) atoms. The number of amides is 2.